The molecule has 0 amide bonds. The highest BCUT2D eigenvalue weighted by molar-refractivity contribution is 5.66. The van der Waals surface area contributed by atoms with Gasteiger partial charge in [-0.3, -0.25) is 4.79 Å². The van der Waals surface area contributed by atoms with Crippen molar-refractivity contribution >= 4 is 5.97 Å². The predicted molar refractivity (Wildman–Crippen MR) is 252 cm³/mol. The normalized spacial score (nSPS) is 53.3. The average Bonchev–Trinajstić information content (AvgIpc) is 3.73. The number of carboxylic acid groups (broad SMARTS) is 1. The van der Waals surface area contributed by atoms with Crippen LogP contribution in [0.4, 0.5) is 0 Å². The van der Waals surface area contributed by atoms with E-state index in [0.717, 1.165) is 32.1 Å². The van der Waals surface area contributed by atoms with E-state index in [-0.39, 0.29) is 47.5 Å². The second-order valence-electron chi connectivity index (χ2n) is 23.4. The van der Waals surface area contributed by atoms with Crippen molar-refractivity contribution in [3.63, 3.8) is 0 Å². The molecular weight excluding hydrogens is 945 g/mol. The van der Waals surface area contributed by atoms with Crippen LogP contribution in [-0.4, -0.2) is 197 Å². The van der Waals surface area contributed by atoms with Crippen LogP contribution < -0.4 is 0 Å². The van der Waals surface area contributed by atoms with Crippen molar-refractivity contribution in [2.45, 2.75) is 273 Å². The Kier molecular flexibility index (Phi) is 18.2. The Hall–Kier alpha value is -1.25. The van der Waals surface area contributed by atoms with Crippen molar-refractivity contribution in [2.75, 3.05) is 0 Å². The largest absolute Gasteiger partial charge is 0.481 e. The Balaban J connectivity index is 0.975. The lowest BCUT2D eigenvalue weighted by molar-refractivity contribution is -0.367. The van der Waals surface area contributed by atoms with Crippen LogP contribution in [-0.2, 0) is 42.7 Å². The standard InChI is InChI=1S/C52H88O20/c1-8-29-35(55)37(57)41(61)49(66-29)71-45-31(10-3)68-47(43(63)39(45)59)65-24-18-19-51(6)23(20-24)13-14-25-27-16-15-26(22(5)12-17-34(53)54)52(27,7)33(21-28(25)51)70-48-44(64)40(60)46(32(11-4)69-48)72-50-42(62)38(58)36(56)30(9-2)67-50/h22-33,35-50,55-64H,8-21H2,1-7H3,(H,53,54)/t22?,23?,24?,25?,26?,27?,28?,29?,30?,31?,32?,33?,35?,36?,37?,38?,39?,40?,41?,42?,43?,44?,45?,46?,47-,48+,49-,50-,51?,52?/m0/s1. The maximum atomic E-state index is 11.9. The molecule has 30 atom stereocenters. The summed E-state index contributed by atoms with van der Waals surface area (Å²) in [4.78, 5) is 11.8. The van der Waals surface area contributed by atoms with E-state index in [1.54, 1.807) is 13.8 Å². The van der Waals surface area contributed by atoms with Gasteiger partial charge in [0.15, 0.2) is 25.2 Å². The fraction of sp³-hybridized carbons (Fsp3) is 0.981. The SMILES string of the molecule is CCC1O[C@@H](OC2C(CC)O[C@H](OC3CC4C(CCC5CC(O[C@H]6OC(CC)C(O[C@@H]7OC(CC)C(O)C(O)C7O)C(O)C6O)CCC54C)C4CCC(C(C)CCC(=O)O)C34C)C(O)C2O)C(O)C(O)C1O. The first-order chi connectivity index (χ1) is 34.1. The number of ether oxygens (including phenoxy) is 8. The van der Waals surface area contributed by atoms with Gasteiger partial charge < -0.3 is 94.1 Å². The van der Waals surface area contributed by atoms with Gasteiger partial charge in [0.25, 0.3) is 0 Å². The molecule has 4 saturated carbocycles. The zero-order valence-electron chi connectivity index (χ0n) is 43.2. The number of fused-ring (bicyclic) bond motifs is 5. The molecular formula is C52H88O20. The number of aliphatic hydroxyl groups excluding tert-OH is 10. The van der Waals surface area contributed by atoms with E-state index in [1.807, 2.05) is 13.8 Å². The smallest absolute Gasteiger partial charge is 0.303 e. The highest BCUT2D eigenvalue weighted by Gasteiger charge is 2.66. The van der Waals surface area contributed by atoms with Crippen LogP contribution in [0.1, 0.15) is 138 Å². The minimum absolute atomic E-state index is 0.0503. The summed E-state index contributed by atoms with van der Waals surface area (Å²) in [6.45, 7) is 14.0. The molecule has 26 unspecified atom stereocenters. The third-order valence-electron chi connectivity index (χ3n) is 19.7. The van der Waals surface area contributed by atoms with Crippen LogP contribution in [0.2, 0.25) is 0 Å². The Morgan fingerprint density at radius 3 is 1.51 bits per heavy atom. The van der Waals surface area contributed by atoms with Crippen molar-refractivity contribution in [3.8, 4) is 0 Å². The number of hydrogen-bond acceptors (Lipinski definition) is 19. The van der Waals surface area contributed by atoms with Gasteiger partial charge in [0.05, 0.1) is 36.6 Å². The zero-order chi connectivity index (χ0) is 52.3. The van der Waals surface area contributed by atoms with Gasteiger partial charge in [-0.1, -0.05) is 48.5 Å². The van der Waals surface area contributed by atoms with Gasteiger partial charge in [0.1, 0.15) is 73.2 Å². The lowest BCUT2D eigenvalue weighted by atomic mass is 9.43. The number of aliphatic carboxylic acids is 1. The van der Waals surface area contributed by atoms with Crippen LogP contribution in [0.5, 0.6) is 0 Å². The van der Waals surface area contributed by atoms with E-state index in [1.165, 1.54) is 0 Å². The summed E-state index contributed by atoms with van der Waals surface area (Å²) >= 11 is 0. The number of aliphatic hydroxyl groups is 10. The Morgan fingerprint density at radius 2 is 1.01 bits per heavy atom. The Labute approximate surface area is 423 Å². The first kappa shape index (κ1) is 56.9. The van der Waals surface area contributed by atoms with Crippen molar-refractivity contribution < 1.29 is 98.9 Å². The molecule has 4 aliphatic heterocycles. The molecule has 4 heterocycles. The van der Waals surface area contributed by atoms with E-state index in [0.29, 0.717) is 57.3 Å². The maximum Gasteiger partial charge on any atom is 0.303 e. The maximum absolute atomic E-state index is 11.9. The van der Waals surface area contributed by atoms with Crippen molar-refractivity contribution in [1.82, 2.24) is 0 Å². The van der Waals surface area contributed by atoms with Crippen LogP contribution in [0.15, 0.2) is 0 Å². The molecule has 416 valence electrons. The van der Waals surface area contributed by atoms with E-state index >= 15 is 0 Å². The molecule has 0 spiro atoms. The van der Waals surface area contributed by atoms with E-state index < -0.39 is 140 Å². The molecule has 8 rings (SSSR count). The predicted octanol–water partition coefficient (Wildman–Crippen LogP) is 1.45. The number of carbonyl (C=O) groups is 1. The second kappa shape index (κ2) is 23.0. The highest BCUT2D eigenvalue weighted by Crippen LogP contribution is 2.69. The van der Waals surface area contributed by atoms with Crippen LogP contribution in [0.25, 0.3) is 0 Å². The molecule has 72 heavy (non-hydrogen) atoms. The molecule has 4 saturated heterocycles. The van der Waals surface area contributed by atoms with Gasteiger partial charge in [0, 0.05) is 11.8 Å². The van der Waals surface area contributed by atoms with Crippen molar-refractivity contribution in [2.24, 2.45) is 46.3 Å². The zero-order valence-corrected chi connectivity index (χ0v) is 43.2. The van der Waals surface area contributed by atoms with Crippen LogP contribution in [0.3, 0.4) is 0 Å². The molecule has 8 aliphatic rings. The fourth-order valence-electron chi connectivity index (χ4n) is 15.4. The molecule has 20 nitrogen and oxygen atoms in total. The molecule has 0 aromatic rings. The van der Waals surface area contributed by atoms with E-state index in [9.17, 15) is 61.0 Å². The summed E-state index contributed by atoms with van der Waals surface area (Å²) in [5.41, 5.74) is -0.583. The van der Waals surface area contributed by atoms with E-state index in [2.05, 4.69) is 20.8 Å². The van der Waals surface area contributed by atoms with E-state index in [4.69, 9.17) is 37.9 Å². The second-order valence-corrected chi connectivity index (χ2v) is 23.4. The van der Waals surface area contributed by atoms with Crippen molar-refractivity contribution in [1.29, 1.82) is 0 Å². The van der Waals surface area contributed by atoms with Gasteiger partial charge >= 0.3 is 5.97 Å². The van der Waals surface area contributed by atoms with Crippen LogP contribution >= 0.6 is 0 Å². The van der Waals surface area contributed by atoms with Gasteiger partial charge in [0.2, 0.25) is 0 Å². The first-order valence-electron chi connectivity index (χ1n) is 27.4. The topological polar surface area (TPSA) is 313 Å². The number of hydrogen-bond donors (Lipinski definition) is 11. The summed E-state index contributed by atoms with van der Waals surface area (Å²) in [5.74, 6) is 0.332. The molecule has 8 fully saturated rings. The first-order valence-corrected chi connectivity index (χ1v) is 27.4. The summed E-state index contributed by atoms with van der Waals surface area (Å²) in [5, 5.41) is 120. The third kappa shape index (κ3) is 10.5. The van der Waals surface area contributed by atoms with Crippen molar-refractivity contribution in [3.05, 3.63) is 0 Å². The van der Waals surface area contributed by atoms with Gasteiger partial charge in [-0.25, -0.2) is 0 Å². The molecule has 0 bridgehead atoms. The molecule has 0 radical (unpaired) electrons. The summed E-state index contributed by atoms with van der Waals surface area (Å²) < 4.78 is 50.3. The minimum atomic E-state index is -1.63. The quantitative estimate of drug-likeness (QED) is 0.0975. The minimum Gasteiger partial charge on any atom is -0.481 e. The number of rotatable bonds is 16. The number of carboxylic acids is 1. The van der Waals surface area contributed by atoms with Gasteiger partial charge in [-0.05, 0) is 124 Å². The third-order valence-corrected chi connectivity index (χ3v) is 19.7. The van der Waals surface area contributed by atoms with Crippen LogP contribution in [0, 0.1) is 46.3 Å². The Morgan fingerprint density at radius 1 is 0.542 bits per heavy atom. The summed E-state index contributed by atoms with van der Waals surface area (Å²) in [7, 11) is 0. The molecule has 11 N–H and O–H groups in total. The molecule has 0 aromatic carbocycles. The highest BCUT2D eigenvalue weighted by atomic mass is 16.8. The molecule has 0 aromatic heterocycles. The van der Waals surface area contributed by atoms with Gasteiger partial charge in [-0.2, -0.15) is 0 Å². The Bertz CT molecular complexity index is 1770. The monoisotopic (exact) mass is 1030 g/mol. The lowest BCUT2D eigenvalue weighted by Gasteiger charge is -2.63. The molecule has 4 aliphatic carbocycles. The summed E-state index contributed by atoms with van der Waals surface area (Å²) in [6, 6.07) is 0. The summed E-state index contributed by atoms with van der Waals surface area (Å²) in [6.07, 6.45) is -18.1. The fourth-order valence-corrected chi connectivity index (χ4v) is 15.4. The molecule has 20 heteroatoms. The lowest BCUT2D eigenvalue weighted by Crippen LogP contribution is -2.65. The van der Waals surface area contributed by atoms with Gasteiger partial charge in [-0.15, -0.1) is 0 Å². The average molecular weight is 1030 g/mol.